The lowest BCUT2D eigenvalue weighted by atomic mass is 9.81. The molecule has 1 saturated heterocycles. The van der Waals surface area contributed by atoms with Gasteiger partial charge in [0, 0.05) is 38.1 Å². The van der Waals surface area contributed by atoms with E-state index >= 15 is 0 Å². The number of halogens is 2. The Bertz CT molecular complexity index is 1050. The van der Waals surface area contributed by atoms with Gasteiger partial charge in [-0.15, -0.1) is 0 Å². The van der Waals surface area contributed by atoms with Gasteiger partial charge in [0.1, 0.15) is 0 Å². The molecular formula is C26H32Cl2N2O3. The molecule has 7 heteroatoms. The largest absolute Gasteiger partial charge is 0.478 e. The van der Waals surface area contributed by atoms with Crippen molar-refractivity contribution < 1.29 is 14.7 Å². The van der Waals surface area contributed by atoms with E-state index in [1.54, 1.807) is 0 Å². The lowest BCUT2D eigenvalue weighted by Crippen LogP contribution is -2.44. The summed E-state index contributed by atoms with van der Waals surface area (Å²) < 4.78 is 0. The quantitative estimate of drug-likeness (QED) is 0.571. The molecule has 1 heterocycles. The lowest BCUT2D eigenvalue weighted by Gasteiger charge is -2.32. The number of nitrogens with zero attached hydrogens (tertiary/aromatic N) is 2. The van der Waals surface area contributed by atoms with Gasteiger partial charge >= 0.3 is 5.97 Å². The van der Waals surface area contributed by atoms with Gasteiger partial charge in [-0.05, 0) is 55.5 Å². The van der Waals surface area contributed by atoms with Crippen LogP contribution in [0.5, 0.6) is 0 Å². The van der Waals surface area contributed by atoms with Crippen LogP contribution in [-0.2, 0) is 17.8 Å². The van der Waals surface area contributed by atoms with Crippen LogP contribution in [0.25, 0.3) is 0 Å². The van der Waals surface area contributed by atoms with Crippen molar-refractivity contribution >= 4 is 35.1 Å². The maximum atomic E-state index is 13.5. The third kappa shape index (κ3) is 6.28. The van der Waals surface area contributed by atoms with Crippen LogP contribution in [0.15, 0.2) is 30.3 Å². The molecule has 1 fully saturated rings. The van der Waals surface area contributed by atoms with Crippen LogP contribution in [0.1, 0.15) is 52.9 Å². The van der Waals surface area contributed by atoms with Gasteiger partial charge in [-0.1, -0.05) is 60.8 Å². The van der Waals surface area contributed by atoms with Gasteiger partial charge in [0.05, 0.1) is 15.6 Å². The SMILES string of the molecule is Cc1cc(C)c(C(=O)O)c(CC(C)(C)C(=O)N2CCCN(Cc3ccc(Cl)c(Cl)c3)CC2)c1. The van der Waals surface area contributed by atoms with Crippen molar-refractivity contribution in [2.24, 2.45) is 5.41 Å². The fourth-order valence-corrected chi connectivity index (χ4v) is 5.03. The van der Waals surface area contributed by atoms with Crippen LogP contribution in [0.2, 0.25) is 10.0 Å². The highest BCUT2D eigenvalue weighted by atomic mass is 35.5. The van der Waals surface area contributed by atoms with Crippen LogP contribution in [-0.4, -0.2) is 53.0 Å². The van der Waals surface area contributed by atoms with Crippen molar-refractivity contribution in [1.29, 1.82) is 0 Å². The Morgan fingerprint density at radius 2 is 1.73 bits per heavy atom. The monoisotopic (exact) mass is 490 g/mol. The standard InChI is InChI=1S/C26H32Cl2N2O3/c1-17-12-18(2)23(24(31)32)20(13-17)15-26(3,4)25(33)30-9-5-8-29(10-11-30)16-19-6-7-21(27)22(28)14-19/h6-7,12-14H,5,8-11,15-16H2,1-4H3,(H,31,32). The van der Waals surface area contributed by atoms with Crippen LogP contribution in [0.3, 0.4) is 0 Å². The summed E-state index contributed by atoms with van der Waals surface area (Å²) >= 11 is 12.2. The summed E-state index contributed by atoms with van der Waals surface area (Å²) in [5.41, 5.74) is 3.15. The van der Waals surface area contributed by atoms with Crippen LogP contribution in [0.4, 0.5) is 0 Å². The Morgan fingerprint density at radius 3 is 2.39 bits per heavy atom. The van der Waals surface area contributed by atoms with E-state index in [2.05, 4.69) is 4.90 Å². The van der Waals surface area contributed by atoms with Crippen molar-refractivity contribution in [3.05, 3.63) is 68.2 Å². The molecule has 0 bridgehead atoms. The number of rotatable bonds is 6. The number of carbonyl (C=O) groups is 2. The molecule has 0 spiro atoms. The number of carboxylic acid groups (broad SMARTS) is 1. The summed E-state index contributed by atoms with van der Waals surface area (Å²) in [7, 11) is 0. The molecule has 2 aromatic carbocycles. The number of hydrogen-bond acceptors (Lipinski definition) is 3. The van der Waals surface area contributed by atoms with Crippen molar-refractivity contribution in [3.8, 4) is 0 Å². The Labute approximate surface area is 206 Å². The molecule has 5 nitrogen and oxygen atoms in total. The van der Waals surface area contributed by atoms with Gasteiger partial charge in [0.2, 0.25) is 5.91 Å². The van der Waals surface area contributed by atoms with Crippen LogP contribution < -0.4 is 0 Å². The molecular weight excluding hydrogens is 459 g/mol. The van der Waals surface area contributed by atoms with E-state index in [4.69, 9.17) is 23.2 Å². The third-order valence-electron chi connectivity index (χ3n) is 6.25. The van der Waals surface area contributed by atoms with Crippen molar-refractivity contribution in [3.63, 3.8) is 0 Å². The first-order chi connectivity index (χ1) is 15.5. The van der Waals surface area contributed by atoms with E-state index in [1.807, 2.05) is 62.9 Å². The second-order valence-corrected chi connectivity index (χ2v) is 10.5. The first-order valence-electron chi connectivity index (χ1n) is 11.3. The van der Waals surface area contributed by atoms with Gasteiger partial charge in [0.25, 0.3) is 0 Å². The van der Waals surface area contributed by atoms with Crippen LogP contribution >= 0.6 is 23.2 Å². The molecule has 178 valence electrons. The molecule has 2 aromatic rings. The summed E-state index contributed by atoms with van der Waals surface area (Å²) in [5.74, 6) is -0.882. The Kier molecular flexibility index (Phi) is 8.09. The summed E-state index contributed by atoms with van der Waals surface area (Å²) in [6.07, 6.45) is 1.27. The molecule has 3 rings (SSSR count). The topological polar surface area (TPSA) is 60.9 Å². The lowest BCUT2D eigenvalue weighted by molar-refractivity contribution is -0.140. The van der Waals surface area contributed by atoms with E-state index in [1.165, 1.54) is 0 Å². The second kappa shape index (κ2) is 10.5. The maximum Gasteiger partial charge on any atom is 0.336 e. The summed E-state index contributed by atoms with van der Waals surface area (Å²) in [6.45, 7) is 11.3. The maximum absolute atomic E-state index is 13.5. The molecule has 0 atom stereocenters. The van der Waals surface area contributed by atoms with Gasteiger partial charge in [-0.3, -0.25) is 9.69 Å². The Balaban J connectivity index is 1.69. The van der Waals surface area contributed by atoms with Crippen molar-refractivity contribution in [1.82, 2.24) is 9.80 Å². The van der Waals surface area contributed by atoms with Gasteiger partial charge < -0.3 is 10.0 Å². The highest BCUT2D eigenvalue weighted by Crippen LogP contribution is 2.29. The minimum absolute atomic E-state index is 0.0642. The molecule has 0 saturated carbocycles. The average molecular weight is 491 g/mol. The second-order valence-electron chi connectivity index (χ2n) is 9.65. The number of carbonyl (C=O) groups excluding carboxylic acids is 1. The van der Waals surface area contributed by atoms with E-state index in [-0.39, 0.29) is 5.91 Å². The summed E-state index contributed by atoms with van der Waals surface area (Å²) in [4.78, 5) is 29.6. The van der Waals surface area contributed by atoms with Gasteiger partial charge in [-0.25, -0.2) is 4.79 Å². The molecule has 1 N–H and O–H groups in total. The predicted molar refractivity (Wildman–Crippen MR) is 133 cm³/mol. The van der Waals surface area contributed by atoms with E-state index in [0.717, 1.165) is 48.3 Å². The minimum atomic E-state index is -0.946. The average Bonchev–Trinajstić information content (AvgIpc) is 2.94. The molecule has 0 aliphatic carbocycles. The van der Waals surface area contributed by atoms with Crippen LogP contribution in [0, 0.1) is 19.3 Å². The highest BCUT2D eigenvalue weighted by molar-refractivity contribution is 6.42. The molecule has 0 aromatic heterocycles. The van der Waals surface area contributed by atoms with Crippen molar-refractivity contribution in [2.45, 2.75) is 47.1 Å². The van der Waals surface area contributed by atoms with Crippen molar-refractivity contribution in [2.75, 3.05) is 26.2 Å². The van der Waals surface area contributed by atoms with E-state index < -0.39 is 11.4 Å². The zero-order chi connectivity index (χ0) is 24.3. The molecule has 0 radical (unpaired) electrons. The zero-order valence-corrected chi connectivity index (χ0v) is 21.3. The smallest absolute Gasteiger partial charge is 0.336 e. The van der Waals surface area contributed by atoms with Gasteiger partial charge in [-0.2, -0.15) is 0 Å². The summed E-state index contributed by atoms with van der Waals surface area (Å²) in [5, 5.41) is 10.8. The van der Waals surface area contributed by atoms with E-state index in [0.29, 0.717) is 35.1 Å². The number of benzene rings is 2. The first-order valence-corrected chi connectivity index (χ1v) is 12.0. The molecule has 1 amide bonds. The minimum Gasteiger partial charge on any atom is -0.478 e. The Morgan fingerprint density at radius 1 is 1.00 bits per heavy atom. The normalized spacial score (nSPS) is 15.4. The predicted octanol–water partition coefficient (Wildman–Crippen LogP) is 5.61. The number of aromatic carboxylic acids is 1. The summed E-state index contributed by atoms with van der Waals surface area (Å²) in [6, 6.07) is 9.46. The highest BCUT2D eigenvalue weighted by Gasteiger charge is 2.34. The van der Waals surface area contributed by atoms with Gasteiger partial charge in [0.15, 0.2) is 0 Å². The third-order valence-corrected chi connectivity index (χ3v) is 6.99. The fourth-order valence-electron chi connectivity index (χ4n) is 4.71. The molecule has 1 aliphatic heterocycles. The number of carboxylic acids is 1. The molecule has 33 heavy (non-hydrogen) atoms. The first kappa shape index (κ1) is 25.5. The molecule has 1 aliphatic rings. The Hall–Kier alpha value is -2.08. The number of aryl methyl sites for hydroxylation is 2. The fraction of sp³-hybridized carbons (Fsp3) is 0.462. The number of hydrogen-bond donors (Lipinski definition) is 1. The zero-order valence-electron chi connectivity index (χ0n) is 19.8. The number of amides is 1. The van der Waals surface area contributed by atoms with E-state index in [9.17, 15) is 14.7 Å². The molecule has 0 unspecified atom stereocenters.